The number of benzene rings is 2. The highest BCUT2D eigenvalue weighted by Gasteiger charge is 2.34. The molecule has 0 saturated carbocycles. The molecule has 0 bridgehead atoms. The Morgan fingerprint density at radius 1 is 0.886 bits per heavy atom. The summed E-state index contributed by atoms with van der Waals surface area (Å²) in [5.41, 5.74) is -2.65. The van der Waals surface area contributed by atoms with Gasteiger partial charge in [0, 0.05) is 19.2 Å². The third-order valence-corrected chi connectivity index (χ3v) is 8.27. The van der Waals surface area contributed by atoms with Crippen molar-refractivity contribution in [2.24, 2.45) is 0 Å². The van der Waals surface area contributed by atoms with Gasteiger partial charge in [-0.2, -0.15) is 30.6 Å². The van der Waals surface area contributed by atoms with Crippen LogP contribution in [0.25, 0.3) is 0 Å². The minimum absolute atomic E-state index is 0.0625. The van der Waals surface area contributed by atoms with Crippen LogP contribution in [-0.2, 0) is 35.5 Å². The number of sulfonamides is 1. The maximum atomic E-state index is 13.3. The van der Waals surface area contributed by atoms with Gasteiger partial charge >= 0.3 is 12.4 Å². The van der Waals surface area contributed by atoms with E-state index in [1.807, 2.05) is 0 Å². The SMILES string of the molecule is O=[N+]([O-])c1cc(S(=O)(=O)N(Cc2ccc(C(F)(F)F)cc2)Cc2cccc(C(F)(F)F)c2)sc1Cl. The van der Waals surface area contributed by atoms with Gasteiger partial charge in [0.1, 0.15) is 4.21 Å². The average Bonchev–Trinajstić information content (AvgIpc) is 3.15. The summed E-state index contributed by atoms with van der Waals surface area (Å²) >= 11 is 6.14. The molecule has 0 spiro atoms. The number of alkyl halides is 6. The highest BCUT2D eigenvalue weighted by Crippen LogP contribution is 2.38. The van der Waals surface area contributed by atoms with Crippen LogP contribution in [0, 0.1) is 10.1 Å². The summed E-state index contributed by atoms with van der Waals surface area (Å²) in [5.74, 6) is 0. The predicted molar refractivity (Wildman–Crippen MR) is 115 cm³/mol. The van der Waals surface area contributed by atoms with Crippen molar-refractivity contribution < 1.29 is 39.7 Å². The molecule has 1 heterocycles. The van der Waals surface area contributed by atoms with Crippen molar-refractivity contribution in [1.82, 2.24) is 4.31 Å². The molecule has 1 aromatic heterocycles. The summed E-state index contributed by atoms with van der Waals surface area (Å²) in [4.78, 5) is 10.2. The molecule has 0 aliphatic heterocycles. The van der Waals surface area contributed by atoms with Gasteiger partial charge in [0.25, 0.3) is 15.7 Å². The molecule has 188 valence electrons. The molecule has 0 aliphatic carbocycles. The summed E-state index contributed by atoms with van der Waals surface area (Å²) < 4.78 is 104. The van der Waals surface area contributed by atoms with Crippen LogP contribution in [0.3, 0.4) is 0 Å². The third-order valence-electron chi connectivity index (χ3n) is 4.69. The zero-order valence-corrected chi connectivity index (χ0v) is 19.5. The smallest absolute Gasteiger partial charge is 0.258 e. The van der Waals surface area contributed by atoms with E-state index in [9.17, 15) is 44.9 Å². The van der Waals surface area contributed by atoms with Gasteiger partial charge in [-0.25, -0.2) is 8.42 Å². The van der Waals surface area contributed by atoms with Gasteiger partial charge in [0.05, 0.1) is 16.1 Å². The number of nitro groups is 1. The maximum Gasteiger partial charge on any atom is 0.416 e. The summed E-state index contributed by atoms with van der Waals surface area (Å²) in [6.45, 7) is -1.13. The molecule has 15 heteroatoms. The van der Waals surface area contributed by atoms with Crippen LogP contribution in [0.1, 0.15) is 22.3 Å². The molecule has 3 aromatic rings. The molecule has 0 aliphatic rings. The minimum Gasteiger partial charge on any atom is -0.258 e. The molecule has 0 N–H and O–H groups in total. The summed E-state index contributed by atoms with van der Waals surface area (Å²) in [5, 5.41) is 11.1. The normalized spacial score (nSPS) is 12.8. The number of hydrogen-bond acceptors (Lipinski definition) is 5. The molecule has 3 rings (SSSR count). The Morgan fingerprint density at radius 2 is 1.46 bits per heavy atom. The van der Waals surface area contributed by atoms with E-state index in [1.54, 1.807) is 0 Å². The Bertz CT molecular complexity index is 1340. The lowest BCUT2D eigenvalue weighted by molar-refractivity contribution is -0.384. The minimum atomic E-state index is -4.70. The van der Waals surface area contributed by atoms with E-state index < -0.39 is 65.7 Å². The fourth-order valence-electron chi connectivity index (χ4n) is 3.00. The van der Waals surface area contributed by atoms with Gasteiger partial charge < -0.3 is 0 Å². The van der Waals surface area contributed by atoms with E-state index in [4.69, 9.17) is 11.6 Å². The van der Waals surface area contributed by atoms with Gasteiger partial charge in [-0.1, -0.05) is 41.9 Å². The second kappa shape index (κ2) is 9.76. The second-order valence-electron chi connectivity index (χ2n) is 7.15. The van der Waals surface area contributed by atoms with Crippen molar-refractivity contribution >= 4 is 38.6 Å². The largest absolute Gasteiger partial charge is 0.416 e. The van der Waals surface area contributed by atoms with Crippen LogP contribution in [0.2, 0.25) is 4.34 Å². The molecule has 35 heavy (non-hydrogen) atoms. The standard InChI is InChI=1S/C20H13ClF6N2O4S2/c21-18-16(29(30)31)9-17(34-18)35(32,33)28(10-12-4-6-14(7-5-12)19(22,23)24)11-13-2-1-3-15(8-13)20(25,26)27/h1-9H,10-11H2. The number of halogens is 7. The first-order valence-corrected chi connectivity index (χ1v) is 12.0. The Morgan fingerprint density at radius 3 is 1.97 bits per heavy atom. The number of thiophene rings is 1. The van der Waals surface area contributed by atoms with Crippen LogP contribution in [0.5, 0.6) is 0 Å². The monoisotopic (exact) mass is 558 g/mol. The molecule has 0 atom stereocenters. The first-order valence-electron chi connectivity index (χ1n) is 9.35. The zero-order chi connectivity index (χ0) is 26.2. The van der Waals surface area contributed by atoms with Crippen molar-refractivity contribution in [2.75, 3.05) is 0 Å². The van der Waals surface area contributed by atoms with Crippen LogP contribution in [-0.4, -0.2) is 17.6 Å². The molecule has 0 unspecified atom stereocenters. The summed E-state index contributed by atoms with van der Waals surface area (Å²) in [6.07, 6.45) is -9.33. The van der Waals surface area contributed by atoms with Crippen molar-refractivity contribution in [3.63, 3.8) is 0 Å². The number of nitrogens with zero attached hydrogens (tertiary/aromatic N) is 2. The van der Waals surface area contributed by atoms with Gasteiger partial charge in [-0.15, -0.1) is 11.3 Å². The quantitative estimate of drug-likeness (QED) is 0.183. The van der Waals surface area contributed by atoms with E-state index in [0.717, 1.165) is 42.5 Å². The van der Waals surface area contributed by atoms with E-state index in [1.165, 1.54) is 6.07 Å². The number of hydrogen-bond donors (Lipinski definition) is 0. The Labute approximate surface area is 203 Å². The Kier molecular flexibility index (Phi) is 7.50. The van der Waals surface area contributed by atoms with Crippen LogP contribution < -0.4 is 0 Å². The van der Waals surface area contributed by atoms with Crippen molar-refractivity contribution in [3.05, 3.63) is 91.3 Å². The first kappa shape index (κ1) is 26.9. The van der Waals surface area contributed by atoms with Gasteiger partial charge in [-0.05, 0) is 29.3 Å². The van der Waals surface area contributed by atoms with Crippen LogP contribution in [0.4, 0.5) is 32.0 Å². The van der Waals surface area contributed by atoms with E-state index >= 15 is 0 Å². The topological polar surface area (TPSA) is 80.5 Å². The molecule has 0 amide bonds. The fourth-order valence-corrected chi connectivity index (χ4v) is 6.23. The second-order valence-corrected chi connectivity index (χ2v) is 11.0. The Hall–Kier alpha value is -2.68. The maximum absolute atomic E-state index is 13.3. The average molecular weight is 559 g/mol. The van der Waals surface area contributed by atoms with Crippen LogP contribution >= 0.6 is 22.9 Å². The van der Waals surface area contributed by atoms with Crippen molar-refractivity contribution in [1.29, 1.82) is 0 Å². The third kappa shape index (κ3) is 6.31. The Balaban J connectivity index is 2.03. The molecule has 0 radical (unpaired) electrons. The predicted octanol–water partition coefficient (Wildman–Crippen LogP) is 6.74. The fraction of sp³-hybridized carbons (Fsp3) is 0.200. The van der Waals surface area contributed by atoms with E-state index in [2.05, 4.69) is 0 Å². The lowest BCUT2D eigenvalue weighted by atomic mass is 10.1. The van der Waals surface area contributed by atoms with Crippen molar-refractivity contribution in [2.45, 2.75) is 29.7 Å². The van der Waals surface area contributed by atoms with Gasteiger partial charge in [-0.3, -0.25) is 10.1 Å². The van der Waals surface area contributed by atoms with Crippen LogP contribution in [0.15, 0.2) is 58.8 Å². The van der Waals surface area contributed by atoms with Gasteiger partial charge in [0.2, 0.25) is 0 Å². The van der Waals surface area contributed by atoms with Crippen molar-refractivity contribution in [3.8, 4) is 0 Å². The molecular weight excluding hydrogens is 546 g/mol. The molecule has 0 saturated heterocycles. The zero-order valence-electron chi connectivity index (χ0n) is 17.1. The number of rotatable bonds is 7. The highest BCUT2D eigenvalue weighted by molar-refractivity contribution is 7.91. The molecule has 0 fully saturated rings. The molecule has 6 nitrogen and oxygen atoms in total. The highest BCUT2D eigenvalue weighted by atomic mass is 35.5. The first-order chi connectivity index (χ1) is 16.1. The molecule has 2 aromatic carbocycles. The lowest BCUT2D eigenvalue weighted by Crippen LogP contribution is -2.30. The summed E-state index contributed by atoms with van der Waals surface area (Å²) in [7, 11) is -4.56. The van der Waals surface area contributed by atoms with E-state index in [-0.39, 0.29) is 11.1 Å². The van der Waals surface area contributed by atoms with E-state index in [0.29, 0.717) is 21.7 Å². The summed E-state index contributed by atoms with van der Waals surface area (Å²) in [6, 6.07) is 8.09. The van der Waals surface area contributed by atoms with Gasteiger partial charge in [0.15, 0.2) is 4.34 Å². The lowest BCUT2D eigenvalue weighted by Gasteiger charge is -2.22. The molecular formula is C20H13ClF6N2O4S2.